The Morgan fingerprint density at radius 2 is 1.82 bits per heavy atom. The summed E-state index contributed by atoms with van der Waals surface area (Å²) in [6.45, 7) is 10.1. The van der Waals surface area contributed by atoms with Gasteiger partial charge in [0.15, 0.2) is 0 Å². The van der Waals surface area contributed by atoms with Crippen molar-refractivity contribution in [3.63, 3.8) is 0 Å². The number of hydrazine groups is 1. The lowest BCUT2D eigenvalue weighted by molar-refractivity contribution is 0.0474. The minimum atomic E-state index is -0.444. The van der Waals surface area contributed by atoms with Crippen LogP contribution in [0.5, 0.6) is 0 Å². The third-order valence-corrected chi connectivity index (χ3v) is 3.38. The van der Waals surface area contributed by atoms with E-state index in [1.54, 1.807) is 0 Å². The number of carbonyl (C=O) groups excluding carboxylic acids is 1. The molecule has 1 aliphatic rings. The SMILES string of the molecule is CC1CCC(NNC(=O)OC(C)(C)C)CC1C. The highest BCUT2D eigenvalue weighted by molar-refractivity contribution is 5.67. The van der Waals surface area contributed by atoms with Gasteiger partial charge in [0.2, 0.25) is 0 Å². The average Bonchev–Trinajstić information content (AvgIpc) is 2.17. The fourth-order valence-corrected chi connectivity index (χ4v) is 2.14. The predicted molar refractivity (Wildman–Crippen MR) is 68.5 cm³/mol. The number of rotatable bonds is 2. The summed E-state index contributed by atoms with van der Waals surface area (Å²) < 4.78 is 5.16. The Balaban J connectivity index is 2.25. The number of amides is 1. The van der Waals surface area contributed by atoms with E-state index in [2.05, 4.69) is 24.7 Å². The Bertz CT molecular complexity index is 261. The molecule has 0 aliphatic heterocycles. The van der Waals surface area contributed by atoms with Crippen molar-refractivity contribution in [3.8, 4) is 0 Å². The van der Waals surface area contributed by atoms with E-state index in [9.17, 15) is 4.79 Å². The number of nitrogens with one attached hydrogen (secondary N) is 2. The molecule has 17 heavy (non-hydrogen) atoms. The zero-order valence-corrected chi connectivity index (χ0v) is 11.7. The summed E-state index contributed by atoms with van der Waals surface area (Å²) in [5.74, 6) is 1.50. The highest BCUT2D eigenvalue weighted by atomic mass is 16.6. The fraction of sp³-hybridized carbons (Fsp3) is 0.923. The number of carbonyl (C=O) groups is 1. The van der Waals surface area contributed by atoms with Gasteiger partial charge in [-0.1, -0.05) is 13.8 Å². The lowest BCUT2D eigenvalue weighted by Crippen LogP contribution is -2.48. The maximum Gasteiger partial charge on any atom is 0.422 e. The Hall–Kier alpha value is -0.770. The summed E-state index contributed by atoms with van der Waals surface area (Å²) >= 11 is 0. The molecule has 1 amide bonds. The van der Waals surface area contributed by atoms with E-state index >= 15 is 0 Å². The molecular weight excluding hydrogens is 216 g/mol. The smallest absolute Gasteiger partial charge is 0.422 e. The molecule has 0 heterocycles. The van der Waals surface area contributed by atoms with Crippen LogP contribution in [-0.4, -0.2) is 17.7 Å². The molecule has 0 radical (unpaired) electrons. The second kappa shape index (κ2) is 5.71. The molecule has 3 unspecified atom stereocenters. The van der Waals surface area contributed by atoms with Crippen LogP contribution in [-0.2, 0) is 4.74 Å². The van der Waals surface area contributed by atoms with Crippen molar-refractivity contribution in [2.24, 2.45) is 11.8 Å². The van der Waals surface area contributed by atoms with Gasteiger partial charge in [0.25, 0.3) is 0 Å². The molecule has 0 spiro atoms. The predicted octanol–water partition coefficient (Wildman–Crippen LogP) is 2.84. The quantitative estimate of drug-likeness (QED) is 0.732. The highest BCUT2D eigenvalue weighted by Crippen LogP contribution is 2.28. The van der Waals surface area contributed by atoms with E-state index < -0.39 is 11.7 Å². The van der Waals surface area contributed by atoms with Gasteiger partial charge in [0.1, 0.15) is 5.60 Å². The van der Waals surface area contributed by atoms with Gasteiger partial charge in [-0.05, 0) is 51.9 Å². The van der Waals surface area contributed by atoms with Crippen molar-refractivity contribution in [1.82, 2.24) is 10.9 Å². The van der Waals surface area contributed by atoms with Gasteiger partial charge in [-0.3, -0.25) is 5.43 Å². The molecule has 0 bridgehead atoms. The maximum absolute atomic E-state index is 11.5. The van der Waals surface area contributed by atoms with E-state index in [0.717, 1.165) is 18.8 Å². The lowest BCUT2D eigenvalue weighted by Gasteiger charge is -2.32. The van der Waals surface area contributed by atoms with Gasteiger partial charge in [-0.2, -0.15) is 0 Å². The summed E-state index contributed by atoms with van der Waals surface area (Å²) in [6.07, 6.45) is 3.04. The topological polar surface area (TPSA) is 50.4 Å². The largest absolute Gasteiger partial charge is 0.443 e. The second-order valence-corrected chi connectivity index (χ2v) is 6.24. The summed E-state index contributed by atoms with van der Waals surface area (Å²) in [4.78, 5) is 11.5. The van der Waals surface area contributed by atoms with Gasteiger partial charge in [-0.15, -0.1) is 0 Å². The summed E-state index contributed by atoms with van der Waals surface area (Å²) in [5, 5.41) is 0. The fourth-order valence-electron chi connectivity index (χ4n) is 2.14. The van der Waals surface area contributed by atoms with Crippen LogP contribution in [0.25, 0.3) is 0 Å². The Morgan fingerprint density at radius 1 is 1.18 bits per heavy atom. The molecule has 4 heteroatoms. The molecule has 0 aromatic heterocycles. The molecule has 2 N–H and O–H groups in total. The molecule has 0 aromatic rings. The normalized spacial score (nSPS) is 29.8. The molecular formula is C13H26N2O2. The molecule has 3 atom stereocenters. The molecule has 1 fully saturated rings. The second-order valence-electron chi connectivity index (χ2n) is 6.24. The van der Waals surface area contributed by atoms with Crippen LogP contribution in [0.4, 0.5) is 4.79 Å². The van der Waals surface area contributed by atoms with Gasteiger partial charge in [0.05, 0.1) is 0 Å². The number of hydrogen-bond donors (Lipinski definition) is 2. The Kier molecular flexibility index (Phi) is 4.80. The van der Waals surface area contributed by atoms with Gasteiger partial charge in [-0.25, -0.2) is 10.2 Å². The van der Waals surface area contributed by atoms with Crippen LogP contribution >= 0.6 is 0 Å². The first-order valence-corrected chi connectivity index (χ1v) is 6.52. The van der Waals surface area contributed by atoms with Crippen LogP contribution in [0.2, 0.25) is 0 Å². The monoisotopic (exact) mass is 242 g/mol. The first-order chi connectivity index (χ1) is 7.78. The minimum absolute atomic E-state index is 0.369. The summed E-state index contributed by atoms with van der Waals surface area (Å²) in [5.41, 5.74) is 5.26. The van der Waals surface area contributed by atoms with Crippen LogP contribution in [0, 0.1) is 11.8 Å². The molecule has 1 aliphatic carbocycles. The van der Waals surface area contributed by atoms with Crippen LogP contribution < -0.4 is 10.9 Å². The Labute approximate surface area is 104 Å². The van der Waals surface area contributed by atoms with Gasteiger partial charge in [0, 0.05) is 6.04 Å². The average molecular weight is 242 g/mol. The summed E-state index contributed by atoms with van der Waals surface area (Å²) in [6, 6.07) is 0.369. The molecule has 1 saturated carbocycles. The van der Waals surface area contributed by atoms with E-state index in [4.69, 9.17) is 4.74 Å². The van der Waals surface area contributed by atoms with Crippen molar-refractivity contribution < 1.29 is 9.53 Å². The Morgan fingerprint density at radius 3 is 2.35 bits per heavy atom. The number of ether oxygens (including phenoxy) is 1. The van der Waals surface area contributed by atoms with Crippen molar-refractivity contribution in [2.75, 3.05) is 0 Å². The van der Waals surface area contributed by atoms with E-state index in [0.29, 0.717) is 12.0 Å². The van der Waals surface area contributed by atoms with E-state index in [1.807, 2.05) is 20.8 Å². The summed E-state index contributed by atoms with van der Waals surface area (Å²) in [7, 11) is 0. The van der Waals surface area contributed by atoms with E-state index in [1.165, 1.54) is 6.42 Å². The van der Waals surface area contributed by atoms with Crippen LogP contribution in [0.3, 0.4) is 0 Å². The van der Waals surface area contributed by atoms with Crippen molar-refractivity contribution >= 4 is 6.09 Å². The molecule has 0 aromatic carbocycles. The van der Waals surface area contributed by atoms with Crippen LogP contribution in [0.1, 0.15) is 53.9 Å². The van der Waals surface area contributed by atoms with E-state index in [-0.39, 0.29) is 0 Å². The molecule has 1 rings (SSSR count). The first-order valence-electron chi connectivity index (χ1n) is 6.52. The first kappa shape index (κ1) is 14.3. The van der Waals surface area contributed by atoms with Gasteiger partial charge < -0.3 is 4.74 Å². The number of hydrogen-bond acceptors (Lipinski definition) is 3. The van der Waals surface area contributed by atoms with Gasteiger partial charge >= 0.3 is 6.09 Å². The van der Waals surface area contributed by atoms with Crippen molar-refractivity contribution in [1.29, 1.82) is 0 Å². The molecule has 4 nitrogen and oxygen atoms in total. The zero-order chi connectivity index (χ0) is 13.1. The standard InChI is InChI=1S/C13H26N2O2/c1-9-6-7-11(8-10(9)2)14-15-12(16)17-13(3,4)5/h9-11,14H,6-8H2,1-5H3,(H,15,16). The third kappa shape index (κ3) is 5.39. The molecule has 0 saturated heterocycles. The lowest BCUT2D eigenvalue weighted by atomic mass is 9.79. The zero-order valence-electron chi connectivity index (χ0n) is 11.7. The third-order valence-electron chi connectivity index (χ3n) is 3.38. The highest BCUT2D eigenvalue weighted by Gasteiger charge is 2.25. The van der Waals surface area contributed by atoms with Crippen molar-refractivity contribution in [3.05, 3.63) is 0 Å². The van der Waals surface area contributed by atoms with Crippen molar-refractivity contribution in [2.45, 2.75) is 65.5 Å². The van der Waals surface area contributed by atoms with Crippen LogP contribution in [0.15, 0.2) is 0 Å². The minimum Gasteiger partial charge on any atom is -0.443 e. The maximum atomic E-state index is 11.5. The molecule has 100 valence electrons.